The number of hydrogen-bond acceptors (Lipinski definition) is 6. The van der Waals surface area contributed by atoms with E-state index >= 15 is 0 Å². The Balaban J connectivity index is 0.000000140. The van der Waals surface area contributed by atoms with Gasteiger partial charge in [-0.05, 0) is 58.3 Å². The summed E-state index contributed by atoms with van der Waals surface area (Å²) in [5.74, 6) is -0.0625. The Morgan fingerprint density at radius 3 is 1.27 bits per heavy atom. The predicted molar refractivity (Wildman–Crippen MR) is 260 cm³/mol. The standard InChI is InChI=1S/2C26H15N2.C5H8O2.Ir/c2*1-2-8-18-15-19(14-13-17(18)7-1)24-16-27-25-22-11-5-3-9-20(22)21-10-4-6-12-23(21)26(25)28-24;1-4(6)3-5(2)7;/h2*1-10,12-16H;3,6H,1-2H3;/q2*-1;;. The summed E-state index contributed by atoms with van der Waals surface area (Å²) in [5, 5.41) is 22.2. The molecule has 0 atom stereocenters. The first-order chi connectivity index (χ1) is 30.9. The second kappa shape index (κ2) is 18.0. The van der Waals surface area contributed by atoms with E-state index in [1.807, 2.05) is 36.7 Å². The number of aliphatic hydroxyl groups excluding tert-OH is 1. The molecule has 0 amide bonds. The van der Waals surface area contributed by atoms with E-state index in [1.165, 1.54) is 63.0 Å². The molecule has 0 spiro atoms. The molecule has 10 aromatic carbocycles. The Kier molecular flexibility index (Phi) is 11.7. The van der Waals surface area contributed by atoms with E-state index in [1.54, 1.807) is 0 Å². The SMILES string of the molecule is CC(=O)C=C(C)O.[Ir].[c-]1cccc2c1c1ncc(-c3ccc4ccccc4c3)nc1c1ccccc21.[c-]1cccc2c1c1ncc(-c3ccc4ccccc4c3)nc1c1ccccc21. The van der Waals surface area contributed by atoms with E-state index < -0.39 is 0 Å². The smallest absolute Gasteiger partial charge is 0.155 e. The monoisotopic (exact) mass is 1000 g/mol. The van der Waals surface area contributed by atoms with Crippen molar-refractivity contribution in [2.24, 2.45) is 0 Å². The fraction of sp³-hybridized carbons (Fsp3) is 0.0351. The number of hydrogen-bond donors (Lipinski definition) is 1. The van der Waals surface area contributed by atoms with Crippen LogP contribution in [0.25, 0.3) is 109 Å². The fourth-order valence-corrected chi connectivity index (χ4v) is 8.35. The van der Waals surface area contributed by atoms with Gasteiger partial charge in [0.25, 0.3) is 0 Å². The summed E-state index contributed by atoms with van der Waals surface area (Å²) in [7, 11) is 0. The van der Waals surface area contributed by atoms with E-state index in [-0.39, 0.29) is 31.6 Å². The molecule has 6 nitrogen and oxygen atoms in total. The van der Waals surface area contributed by atoms with Gasteiger partial charge in [-0.15, -0.1) is 59.3 Å². The quantitative estimate of drug-likeness (QED) is 0.0821. The van der Waals surface area contributed by atoms with Gasteiger partial charge in [-0.3, -0.25) is 14.8 Å². The zero-order valence-electron chi connectivity index (χ0n) is 34.9. The summed E-state index contributed by atoms with van der Waals surface area (Å²) in [6.07, 6.45) is 4.92. The molecule has 0 aliphatic rings. The van der Waals surface area contributed by atoms with Crippen LogP contribution in [0.5, 0.6) is 0 Å². The molecule has 7 heteroatoms. The van der Waals surface area contributed by atoms with E-state index in [0.717, 1.165) is 66.1 Å². The molecule has 0 aliphatic heterocycles. The average molecular weight is 1000 g/mol. The maximum absolute atomic E-state index is 10.0. The molecule has 0 fully saturated rings. The Morgan fingerprint density at radius 2 is 0.859 bits per heavy atom. The number of carbonyl (C=O) groups is 1. The number of ketones is 1. The minimum Gasteiger partial charge on any atom is -0.512 e. The molecule has 0 saturated carbocycles. The summed E-state index contributed by atoms with van der Waals surface area (Å²) in [6, 6.07) is 65.4. The average Bonchev–Trinajstić information content (AvgIpc) is 3.33. The van der Waals surface area contributed by atoms with Gasteiger partial charge in [-0.25, -0.2) is 0 Å². The molecule has 12 aromatic rings. The molecule has 2 heterocycles. The van der Waals surface area contributed by atoms with Crippen LogP contribution in [0, 0.1) is 12.1 Å². The molecule has 2 aromatic heterocycles. The van der Waals surface area contributed by atoms with Crippen LogP contribution in [0.2, 0.25) is 0 Å². The maximum atomic E-state index is 10.0. The molecular formula is C57H38IrN4O2-2. The van der Waals surface area contributed by atoms with Crippen LogP contribution in [0.1, 0.15) is 13.8 Å². The molecule has 0 bridgehead atoms. The van der Waals surface area contributed by atoms with E-state index in [0.29, 0.717) is 0 Å². The number of carbonyl (C=O) groups excluding carboxylic acids is 1. The zero-order valence-corrected chi connectivity index (χ0v) is 37.3. The van der Waals surface area contributed by atoms with Crippen LogP contribution in [0.15, 0.2) is 194 Å². The second-order valence-corrected chi connectivity index (χ2v) is 15.4. The summed E-state index contributed by atoms with van der Waals surface area (Å²) < 4.78 is 0. The molecule has 309 valence electrons. The van der Waals surface area contributed by atoms with Crippen LogP contribution in [0.3, 0.4) is 0 Å². The molecular weight excluding hydrogens is 965 g/mol. The Morgan fingerprint density at radius 1 is 0.469 bits per heavy atom. The number of aliphatic hydroxyl groups is 1. The largest absolute Gasteiger partial charge is 0.512 e. The second-order valence-electron chi connectivity index (χ2n) is 15.4. The number of aromatic nitrogens is 4. The first-order valence-electron chi connectivity index (χ1n) is 20.7. The maximum Gasteiger partial charge on any atom is 0.155 e. The van der Waals surface area contributed by atoms with Gasteiger partial charge < -0.3 is 15.1 Å². The van der Waals surface area contributed by atoms with Crippen molar-refractivity contribution in [3.63, 3.8) is 0 Å². The van der Waals surface area contributed by atoms with Crippen molar-refractivity contribution in [1.29, 1.82) is 0 Å². The van der Waals surface area contributed by atoms with Gasteiger partial charge in [0.2, 0.25) is 0 Å². The van der Waals surface area contributed by atoms with Crippen LogP contribution in [0.4, 0.5) is 0 Å². The summed E-state index contributed by atoms with van der Waals surface area (Å²) in [5.41, 5.74) is 7.59. The van der Waals surface area contributed by atoms with Crippen molar-refractivity contribution in [3.05, 3.63) is 206 Å². The number of fused-ring (bicyclic) bond motifs is 14. The first kappa shape index (κ1) is 41.6. The normalized spacial score (nSPS) is 11.4. The predicted octanol–water partition coefficient (Wildman–Crippen LogP) is 14.1. The van der Waals surface area contributed by atoms with Crippen molar-refractivity contribution in [2.75, 3.05) is 0 Å². The third kappa shape index (κ3) is 8.06. The van der Waals surface area contributed by atoms with Crippen molar-refractivity contribution < 1.29 is 30.0 Å². The Bertz CT molecular complexity index is 3460. The molecule has 64 heavy (non-hydrogen) atoms. The fourth-order valence-electron chi connectivity index (χ4n) is 8.35. The number of nitrogens with zero attached hydrogens (tertiary/aromatic N) is 4. The third-order valence-electron chi connectivity index (χ3n) is 11.2. The molecule has 0 saturated heterocycles. The van der Waals surface area contributed by atoms with Crippen LogP contribution in [-0.2, 0) is 24.9 Å². The Labute approximate surface area is 383 Å². The molecule has 0 unspecified atom stereocenters. The van der Waals surface area contributed by atoms with Gasteiger partial charge >= 0.3 is 0 Å². The van der Waals surface area contributed by atoms with Crippen LogP contribution < -0.4 is 0 Å². The van der Waals surface area contributed by atoms with Crippen LogP contribution >= 0.6 is 0 Å². The van der Waals surface area contributed by atoms with Crippen molar-refractivity contribution in [1.82, 2.24) is 19.9 Å². The summed E-state index contributed by atoms with van der Waals surface area (Å²) in [6.45, 7) is 2.85. The minimum atomic E-state index is -0.125. The van der Waals surface area contributed by atoms with Gasteiger partial charge in [-0.1, -0.05) is 143 Å². The third-order valence-corrected chi connectivity index (χ3v) is 11.2. The number of rotatable bonds is 3. The number of allylic oxidation sites excluding steroid dienone is 2. The van der Waals surface area contributed by atoms with Crippen molar-refractivity contribution in [2.45, 2.75) is 13.8 Å². The van der Waals surface area contributed by atoms with Gasteiger partial charge in [0.15, 0.2) is 5.78 Å². The van der Waals surface area contributed by atoms with Gasteiger partial charge in [0, 0.05) is 60.7 Å². The van der Waals surface area contributed by atoms with Crippen LogP contribution in [-0.4, -0.2) is 30.8 Å². The molecule has 0 aliphatic carbocycles. The molecule has 1 N–H and O–H groups in total. The number of benzene rings is 10. The van der Waals surface area contributed by atoms with E-state index in [9.17, 15) is 4.79 Å². The summed E-state index contributed by atoms with van der Waals surface area (Å²) >= 11 is 0. The molecule has 1 radical (unpaired) electrons. The van der Waals surface area contributed by atoms with E-state index in [2.05, 4.69) is 158 Å². The van der Waals surface area contributed by atoms with Gasteiger partial charge in [0.1, 0.15) is 0 Å². The first-order valence-corrected chi connectivity index (χ1v) is 20.7. The Hall–Kier alpha value is -7.70. The van der Waals surface area contributed by atoms with Crippen molar-refractivity contribution >= 4 is 92.5 Å². The van der Waals surface area contributed by atoms with Crippen molar-refractivity contribution in [3.8, 4) is 22.5 Å². The minimum absolute atomic E-state index is 0. The zero-order chi connectivity index (χ0) is 42.9. The van der Waals surface area contributed by atoms with Gasteiger partial charge in [0.05, 0.1) is 28.2 Å². The molecule has 12 rings (SSSR count). The summed E-state index contributed by atoms with van der Waals surface area (Å²) in [4.78, 5) is 29.8. The topological polar surface area (TPSA) is 88.9 Å². The van der Waals surface area contributed by atoms with E-state index in [4.69, 9.17) is 25.0 Å². The van der Waals surface area contributed by atoms with Gasteiger partial charge in [-0.2, -0.15) is 0 Å².